The first-order valence-corrected chi connectivity index (χ1v) is 8.25. The van der Waals surface area contributed by atoms with Crippen LogP contribution in [0.5, 0.6) is 5.75 Å². The zero-order valence-corrected chi connectivity index (χ0v) is 14.6. The second-order valence-electron chi connectivity index (χ2n) is 5.97. The number of ether oxygens (including phenoxy) is 1. The predicted octanol–water partition coefficient (Wildman–Crippen LogP) is 3.36. The van der Waals surface area contributed by atoms with Gasteiger partial charge in [0.2, 0.25) is 11.8 Å². The van der Waals surface area contributed by atoms with Gasteiger partial charge in [0.25, 0.3) is 0 Å². The van der Waals surface area contributed by atoms with Crippen LogP contribution >= 0.6 is 0 Å². The van der Waals surface area contributed by atoms with E-state index < -0.39 is 5.41 Å². The molecule has 0 aliphatic carbocycles. The summed E-state index contributed by atoms with van der Waals surface area (Å²) in [5.74, 6) is -0.0138. The average molecular weight is 320 g/mol. The summed E-state index contributed by atoms with van der Waals surface area (Å²) in [5.41, 5.74) is -0.572. The third kappa shape index (κ3) is 5.58. The summed E-state index contributed by atoms with van der Waals surface area (Å²) in [6, 6.07) is 7.21. The highest BCUT2D eigenvalue weighted by molar-refractivity contribution is 6.10. The van der Waals surface area contributed by atoms with Crippen molar-refractivity contribution in [3.05, 3.63) is 24.3 Å². The Balaban J connectivity index is 2.69. The molecular weight excluding hydrogens is 292 g/mol. The molecule has 0 spiro atoms. The smallest absolute Gasteiger partial charge is 0.239 e. The van der Waals surface area contributed by atoms with E-state index in [1.54, 1.807) is 26.0 Å². The molecule has 0 radical (unpaired) electrons. The van der Waals surface area contributed by atoms with Crippen molar-refractivity contribution < 1.29 is 14.3 Å². The van der Waals surface area contributed by atoms with E-state index in [1.807, 2.05) is 19.1 Å². The van der Waals surface area contributed by atoms with Crippen molar-refractivity contribution in [3.63, 3.8) is 0 Å². The van der Waals surface area contributed by atoms with Crippen molar-refractivity contribution in [2.45, 2.75) is 47.0 Å². The van der Waals surface area contributed by atoms with Crippen LogP contribution in [0.25, 0.3) is 0 Å². The molecule has 0 unspecified atom stereocenters. The Morgan fingerprint density at radius 3 is 2.43 bits per heavy atom. The van der Waals surface area contributed by atoms with Gasteiger partial charge in [-0.1, -0.05) is 31.9 Å². The molecule has 0 aromatic heterocycles. The van der Waals surface area contributed by atoms with E-state index in [0.717, 1.165) is 19.3 Å². The normalized spacial score (nSPS) is 11.0. The maximum atomic E-state index is 12.5. The number of carbonyl (C=O) groups is 2. The first-order chi connectivity index (χ1) is 10.9. The molecule has 1 aromatic rings. The fourth-order valence-electron chi connectivity index (χ4n) is 2.03. The number of hydrogen-bond acceptors (Lipinski definition) is 3. The Morgan fingerprint density at radius 1 is 1.09 bits per heavy atom. The molecule has 2 N–H and O–H groups in total. The van der Waals surface area contributed by atoms with Crippen molar-refractivity contribution in [1.82, 2.24) is 5.32 Å². The fraction of sp³-hybridized carbons (Fsp3) is 0.556. The van der Waals surface area contributed by atoms with Crippen molar-refractivity contribution >= 4 is 17.5 Å². The minimum atomic E-state index is -1.15. The van der Waals surface area contributed by atoms with Gasteiger partial charge >= 0.3 is 0 Å². The van der Waals surface area contributed by atoms with Crippen LogP contribution in [0.2, 0.25) is 0 Å². The monoisotopic (exact) mass is 320 g/mol. The van der Waals surface area contributed by atoms with Crippen molar-refractivity contribution in [1.29, 1.82) is 0 Å². The quantitative estimate of drug-likeness (QED) is 0.541. The Hall–Kier alpha value is -2.04. The minimum absolute atomic E-state index is 0.264. The summed E-state index contributed by atoms with van der Waals surface area (Å²) < 4.78 is 5.49. The number of hydrogen-bond donors (Lipinski definition) is 2. The molecule has 0 atom stereocenters. The Kier molecular flexibility index (Phi) is 7.59. The number of carbonyl (C=O) groups excluding carboxylic acids is 2. The molecule has 0 heterocycles. The summed E-state index contributed by atoms with van der Waals surface area (Å²) in [6.45, 7) is 8.34. The molecule has 23 heavy (non-hydrogen) atoms. The third-order valence-corrected chi connectivity index (χ3v) is 3.64. The maximum absolute atomic E-state index is 12.5. The Labute approximate surface area is 138 Å². The molecule has 0 aliphatic heterocycles. The Morgan fingerprint density at radius 2 is 1.78 bits per heavy atom. The number of rotatable bonds is 9. The topological polar surface area (TPSA) is 67.4 Å². The SMILES string of the molecule is CCCCCNC(=O)C(C)(C)C(=O)Nc1ccccc1OCC. The lowest BCUT2D eigenvalue weighted by Crippen LogP contribution is -2.45. The van der Waals surface area contributed by atoms with E-state index in [1.165, 1.54) is 0 Å². The minimum Gasteiger partial charge on any atom is -0.492 e. The van der Waals surface area contributed by atoms with Gasteiger partial charge in [0.1, 0.15) is 11.2 Å². The van der Waals surface area contributed by atoms with Crippen molar-refractivity contribution in [3.8, 4) is 5.75 Å². The number of para-hydroxylation sites is 2. The van der Waals surface area contributed by atoms with E-state index in [9.17, 15) is 9.59 Å². The number of nitrogens with one attached hydrogen (secondary N) is 2. The van der Waals surface area contributed by atoms with E-state index in [0.29, 0.717) is 24.6 Å². The summed E-state index contributed by atoms with van der Waals surface area (Å²) in [4.78, 5) is 24.8. The van der Waals surface area contributed by atoms with Crippen LogP contribution in [-0.4, -0.2) is 25.0 Å². The maximum Gasteiger partial charge on any atom is 0.239 e. The van der Waals surface area contributed by atoms with Gasteiger partial charge in [-0.3, -0.25) is 9.59 Å². The molecule has 5 heteroatoms. The van der Waals surface area contributed by atoms with Crippen LogP contribution in [0.3, 0.4) is 0 Å². The van der Waals surface area contributed by atoms with Gasteiger partial charge in [-0.2, -0.15) is 0 Å². The lowest BCUT2D eigenvalue weighted by molar-refractivity contribution is -0.138. The fourth-order valence-corrected chi connectivity index (χ4v) is 2.03. The number of benzene rings is 1. The van der Waals surface area contributed by atoms with Gasteiger partial charge in [0, 0.05) is 6.54 Å². The van der Waals surface area contributed by atoms with Crippen LogP contribution < -0.4 is 15.4 Å². The first kappa shape index (κ1) is 19.0. The van der Waals surface area contributed by atoms with Crippen molar-refractivity contribution in [2.24, 2.45) is 5.41 Å². The predicted molar refractivity (Wildman–Crippen MR) is 92.6 cm³/mol. The molecule has 5 nitrogen and oxygen atoms in total. The van der Waals surface area contributed by atoms with E-state index in [-0.39, 0.29) is 11.8 Å². The largest absolute Gasteiger partial charge is 0.492 e. The molecule has 0 saturated carbocycles. The van der Waals surface area contributed by atoms with Gasteiger partial charge in [-0.05, 0) is 39.3 Å². The molecule has 2 amide bonds. The average Bonchev–Trinajstić information content (AvgIpc) is 2.53. The highest BCUT2D eigenvalue weighted by Gasteiger charge is 2.36. The molecule has 0 fully saturated rings. The zero-order chi connectivity index (χ0) is 17.3. The van der Waals surface area contributed by atoms with E-state index in [2.05, 4.69) is 17.6 Å². The number of amides is 2. The molecule has 1 aromatic carbocycles. The summed E-state index contributed by atoms with van der Waals surface area (Å²) in [5, 5.41) is 5.63. The molecule has 1 rings (SSSR count). The number of unbranched alkanes of at least 4 members (excludes halogenated alkanes) is 2. The van der Waals surface area contributed by atoms with E-state index >= 15 is 0 Å². The van der Waals surface area contributed by atoms with Gasteiger partial charge in [0.05, 0.1) is 12.3 Å². The second-order valence-corrected chi connectivity index (χ2v) is 5.97. The Bertz CT molecular complexity index is 527. The van der Waals surface area contributed by atoms with Crippen LogP contribution in [-0.2, 0) is 9.59 Å². The summed E-state index contributed by atoms with van der Waals surface area (Å²) in [7, 11) is 0. The lowest BCUT2D eigenvalue weighted by Gasteiger charge is -2.23. The van der Waals surface area contributed by atoms with Gasteiger partial charge < -0.3 is 15.4 Å². The van der Waals surface area contributed by atoms with Crippen LogP contribution in [0.15, 0.2) is 24.3 Å². The molecule has 0 bridgehead atoms. The molecule has 0 saturated heterocycles. The van der Waals surface area contributed by atoms with Gasteiger partial charge in [0.15, 0.2) is 0 Å². The highest BCUT2D eigenvalue weighted by Crippen LogP contribution is 2.26. The lowest BCUT2D eigenvalue weighted by atomic mass is 9.91. The number of anilines is 1. The first-order valence-electron chi connectivity index (χ1n) is 8.25. The zero-order valence-electron chi connectivity index (χ0n) is 14.6. The molecule has 0 aliphatic rings. The molecule has 128 valence electrons. The third-order valence-electron chi connectivity index (χ3n) is 3.64. The summed E-state index contributed by atoms with van der Waals surface area (Å²) in [6.07, 6.45) is 3.08. The van der Waals surface area contributed by atoms with Crippen LogP contribution in [0.1, 0.15) is 47.0 Å². The van der Waals surface area contributed by atoms with Crippen LogP contribution in [0, 0.1) is 5.41 Å². The van der Waals surface area contributed by atoms with Gasteiger partial charge in [-0.15, -0.1) is 0 Å². The summed E-state index contributed by atoms with van der Waals surface area (Å²) >= 11 is 0. The van der Waals surface area contributed by atoms with Crippen LogP contribution in [0.4, 0.5) is 5.69 Å². The standard InChI is InChI=1S/C18H28N2O3/c1-5-7-10-13-19-16(21)18(3,4)17(22)20-14-11-8-9-12-15(14)23-6-2/h8-9,11-12H,5-7,10,13H2,1-4H3,(H,19,21)(H,20,22). The van der Waals surface area contributed by atoms with E-state index in [4.69, 9.17) is 4.74 Å². The molecular formula is C18H28N2O3. The van der Waals surface area contributed by atoms with Crippen molar-refractivity contribution in [2.75, 3.05) is 18.5 Å². The highest BCUT2D eigenvalue weighted by atomic mass is 16.5. The second kappa shape index (κ2) is 9.18. The van der Waals surface area contributed by atoms with Gasteiger partial charge in [-0.25, -0.2) is 0 Å².